The molecule has 0 bridgehead atoms. The van der Waals surface area contributed by atoms with Gasteiger partial charge in [0, 0.05) is 24.4 Å². The Morgan fingerprint density at radius 3 is 2.66 bits per heavy atom. The molecule has 32 heavy (non-hydrogen) atoms. The largest absolute Gasteiger partial charge is 0.475 e. The van der Waals surface area contributed by atoms with Crippen molar-refractivity contribution in [3.8, 4) is 17.0 Å². The maximum atomic E-state index is 13.3. The third-order valence-electron chi connectivity index (χ3n) is 5.44. The third-order valence-corrected chi connectivity index (χ3v) is 5.44. The lowest BCUT2D eigenvalue weighted by Crippen LogP contribution is -2.31. The van der Waals surface area contributed by atoms with E-state index in [0.29, 0.717) is 24.0 Å². The fourth-order valence-electron chi connectivity index (χ4n) is 3.35. The van der Waals surface area contributed by atoms with E-state index in [1.54, 1.807) is 10.9 Å². The third kappa shape index (κ3) is 4.64. The molecule has 3 heterocycles. The molecule has 0 amide bonds. The second kappa shape index (κ2) is 8.57. The number of anilines is 1. The highest BCUT2D eigenvalue weighted by atomic mass is 19.4. The molecule has 1 aliphatic carbocycles. The Balaban J connectivity index is 1.74. The summed E-state index contributed by atoms with van der Waals surface area (Å²) >= 11 is 0. The molecule has 1 unspecified atom stereocenters. The van der Waals surface area contributed by atoms with Gasteiger partial charge in [-0.2, -0.15) is 27.8 Å². The minimum absolute atomic E-state index is 0.111. The van der Waals surface area contributed by atoms with Crippen molar-refractivity contribution in [2.24, 2.45) is 5.92 Å². The van der Waals surface area contributed by atoms with Gasteiger partial charge in [0.1, 0.15) is 18.2 Å². The van der Waals surface area contributed by atoms with Gasteiger partial charge in [0.2, 0.25) is 11.6 Å². The molecule has 3 atom stereocenters. The maximum absolute atomic E-state index is 13.3. The number of alkyl halides is 3. The molecule has 1 aliphatic rings. The van der Waals surface area contributed by atoms with Crippen molar-refractivity contribution < 1.29 is 22.6 Å². The van der Waals surface area contributed by atoms with Crippen LogP contribution in [0.2, 0.25) is 0 Å². The lowest BCUT2D eigenvalue weighted by molar-refractivity contribution is -0.189. The first-order chi connectivity index (χ1) is 15.2. The molecule has 1 N–H and O–H groups in total. The number of aromatic nitrogens is 6. The molecule has 0 saturated heterocycles. The van der Waals surface area contributed by atoms with Gasteiger partial charge in [-0.15, -0.1) is 5.10 Å². The van der Waals surface area contributed by atoms with Gasteiger partial charge < -0.3 is 14.8 Å². The van der Waals surface area contributed by atoms with Crippen LogP contribution in [0.15, 0.2) is 18.7 Å². The van der Waals surface area contributed by atoms with Crippen LogP contribution in [0.3, 0.4) is 0 Å². The molecule has 9 nitrogen and oxygen atoms in total. The minimum Gasteiger partial charge on any atom is -0.475 e. The lowest BCUT2D eigenvalue weighted by Gasteiger charge is -2.19. The molecule has 1 fully saturated rings. The van der Waals surface area contributed by atoms with Gasteiger partial charge in [0.25, 0.3) is 0 Å². The van der Waals surface area contributed by atoms with E-state index in [1.807, 2.05) is 20.8 Å². The molecule has 3 aromatic rings. The number of nitrogens with zero attached hydrogens (tertiary/aromatic N) is 6. The molecule has 0 aromatic carbocycles. The monoisotopic (exact) mass is 453 g/mol. The number of nitrogens with one attached hydrogen (secondary N) is 1. The van der Waals surface area contributed by atoms with Crippen molar-refractivity contribution >= 4 is 11.6 Å². The summed E-state index contributed by atoms with van der Waals surface area (Å²) in [5.41, 5.74) is 0.812. The SMILES string of the molecule is CCOC(C)n1cc(-c2ncn3nc(N[C@H](C)C4CC4)nc3c2O[C@@H](C)C(F)(F)F)cn1. The minimum atomic E-state index is -4.56. The first kappa shape index (κ1) is 22.3. The average molecular weight is 453 g/mol. The van der Waals surface area contributed by atoms with Crippen LogP contribution in [0.25, 0.3) is 16.9 Å². The summed E-state index contributed by atoms with van der Waals surface area (Å²) in [4.78, 5) is 8.73. The van der Waals surface area contributed by atoms with Gasteiger partial charge >= 0.3 is 6.18 Å². The van der Waals surface area contributed by atoms with E-state index in [0.717, 1.165) is 19.8 Å². The zero-order valence-corrected chi connectivity index (χ0v) is 18.3. The number of ether oxygens (including phenoxy) is 2. The van der Waals surface area contributed by atoms with Crippen molar-refractivity contribution in [1.29, 1.82) is 0 Å². The molecule has 3 aromatic heterocycles. The normalized spacial score (nSPS) is 17.3. The van der Waals surface area contributed by atoms with Gasteiger partial charge in [-0.05, 0) is 46.5 Å². The van der Waals surface area contributed by atoms with Crippen LogP contribution in [0.4, 0.5) is 19.1 Å². The molecule has 1 saturated carbocycles. The van der Waals surface area contributed by atoms with Gasteiger partial charge in [-0.25, -0.2) is 9.67 Å². The second-order valence-electron chi connectivity index (χ2n) is 7.96. The summed E-state index contributed by atoms with van der Waals surface area (Å²) in [7, 11) is 0. The Morgan fingerprint density at radius 1 is 1.25 bits per heavy atom. The Kier molecular flexibility index (Phi) is 5.97. The number of halogens is 3. The van der Waals surface area contributed by atoms with E-state index in [2.05, 4.69) is 25.5 Å². The molecule has 0 radical (unpaired) electrons. The maximum Gasteiger partial charge on any atom is 0.425 e. The van der Waals surface area contributed by atoms with Crippen LogP contribution in [-0.2, 0) is 4.74 Å². The highest BCUT2D eigenvalue weighted by molar-refractivity contribution is 5.74. The van der Waals surface area contributed by atoms with E-state index in [9.17, 15) is 13.2 Å². The van der Waals surface area contributed by atoms with Crippen molar-refractivity contribution in [2.75, 3.05) is 11.9 Å². The van der Waals surface area contributed by atoms with Crippen LogP contribution in [0, 0.1) is 5.92 Å². The molecule has 0 aliphatic heterocycles. The van der Waals surface area contributed by atoms with Gasteiger partial charge in [-0.1, -0.05) is 0 Å². The van der Waals surface area contributed by atoms with E-state index in [1.165, 1.54) is 17.0 Å². The lowest BCUT2D eigenvalue weighted by atomic mass is 10.2. The van der Waals surface area contributed by atoms with Crippen molar-refractivity contribution in [3.63, 3.8) is 0 Å². The van der Waals surface area contributed by atoms with Crippen LogP contribution in [0.5, 0.6) is 5.75 Å². The molecule has 4 rings (SSSR count). The predicted molar refractivity (Wildman–Crippen MR) is 110 cm³/mol. The van der Waals surface area contributed by atoms with Gasteiger partial charge in [0.15, 0.2) is 11.9 Å². The molecule has 12 heteroatoms. The zero-order valence-electron chi connectivity index (χ0n) is 18.3. The Bertz CT molecular complexity index is 1080. The van der Waals surface area contributed by atoms with Crippen molar-refractivity contribution in [3.05, 3.63) is 18.7 Å². The Morgan fingerprint density at radius 2 is 2.00 bits per heavy atom. The fraction of sp³-hybridized carbons (Fsp3) is 0.600. The molecule has 174 valence electrons. The van der Waals surface area contributed by atoms with E-state index < -0.39 is 12.3 Å². The highest BCUT2D eigenvalue weighted by Crippen LogP contribution is 2.36. The number of hydrogen-bond donors (Lipinski definition) is 1. The van der Waals surface area contributed by atoms with E-state index in [4.69, 9.17) is 9.47 Å². The number of fused-ring (bicyclic) bond motifs is 1. The van der Waals surface area contributed by atoms with Crippen molar-refractivity contribution in [2.45, 2.75) is 65.1 Å². The van der Waals surface area contributed by atoms with Gasteiger partial charge in [-0.3, -0.25) is 0 Å². The van der Waals surface area contributed by atoms with Crippen molar-refractivity contribution in [1.82, 2.24) is 29.4 Å². The second-order valence-corrected chi connectivity index (χ2v) is 7.96. The summed E-state index contributed by atoms with van der Waals surface area (Å²) in [6.45, 7) is 7.15. The van der Waals surface area contributed by atoms with Crippen LogP contribution >= 0.6 is 0 Å². The predicted octanol–water partition coefficient (Wildman–Crippen LogP) is 4.08. The average Bonchev–Trinajstić information content (AvgIpc) is 3.32. The zero-order chi connectivity index (χ0) is 23.0. The first-order valence-electron chi connectivity index (χ1n) is 10.6. The topological polar surface area (TPSA) is 91.4 Å². The first-order valence-corrected chi connectivity index (χ1v) is 10.6. The van der Waals surface area contributed by atoms with Gasteiger partial charge in [0.05, 0.1) is 6.20 Å². The summed E-state index contributed by atoms with van der Waals surface area (Å²) in [5, 5.41) is 11.8. The molecular formula is C20H26F3N7O2. The summed E-state index contributed by atoms with van der Waals surface area (Å²) in [5.74, 6) is 0.753. The fourth-order valence-corrected chi connectivity index (χ4v) is 3.35. The van der Waals surface area contributed by atoms with Crippen LogP contribution in [0.1, 0.15) is 46.8 Å². The van der Waals surface area contributed by atoms with Crippen LogP contribution in [-0.4, -0.2) is 54.3 Å². The molecular weight excluding hydrogens is 427 g/mol. The standard InChI is InChI=1S/C20H26F3N7O2/c1-5-31-13(4)29-9-15(8-25-29)16-17(32-12(3)20(21,22)23)18-27-19(28-30(18)10-24-16)26-11(2)14-6-7-14/h8-14H,5-7H2,1-4H3,(H,26,28)/t11-,12+,13?/m1/s1. The quantitative estimate of drug-likeness (QED) is 0.522. The smallest absolute Gasteiger partial charge is 0.425 e. The summed E-state index contributed by atoms with van der Waals surface area (Å²) in [6.07, 6.45) is -0.143. The van der Waals surface area contributed by atoms with E-state index in [-0.39, 0.29) is 29.4 Å². The Labute approximate surface area is 182 Å². The molecule has 0 spiro atoms. The van der Waals surface area contributed by atoms with Crippen LogP contribution < -0.4 is 10.1 Å². The number of hydrogen-bond acceptors (Lipinski definition) is 7. The summed E-state index contributed by atoms with van der Waals surface area (Å²) in [6, 6.07) is 0.164. The van der Waals surface area contributed by atoms with E-state index >= 15 is 0 Å². The Hall–Kier alpha value is -2.89. The highest BCUT2D eigenvalue weighted by Gasteiger charge is 2.39. The summed E-state index contributed by atoms with van der Waals surface area (Å²) < 4.78 is 53.7. The number of rotatable bonds is 9.